The standard InChI is InChI=1S/C25H35ClF3N5O4/c1-24(2,3)38-23(36)31-12-15-8-10-32(14-15)22-19(33-9-4-5-20(33)35)13-30-21(34(22)37)16-6-7-17(18(26)11-16)25(27,28)29/h6-7,11,15,19-22,30,35H,4-5,8-10,12-14H2,1-3H3/p+1. The maximum atomic E-state index is 13.9. The Morgan fingerprint density at radius 3 is 2.61 bits per heavy atom. The van der Waals surface area contributed by atoms with Crippen molar-refractivity contribution in [2.24, 2.45) is 5.92 Å². The van der Waals surface area contributed by atoms with E-state index in [0.29, 0.717) is 44.7 Å². The molecule has 0 spiro atoms. The lowest BCUT2D eigenvalue weighted by atomic mass is 10.0. The van der Waals surface area contributed by atoms with Crippen LogP contribution in [0.4, 0.5) is 18.0 Å². The first-order chi connectivity index (χ1) is 17.7. The number of ether oxygens (including phenoxy) is 1. The average molecular weight is 563 g/mol. The SMILES string of the molecule is CC(C)(C)OC(=O)NCC1CCN(C2C(N3CCCC3O)CNC(c3ccc(C(F)(F)F)c(Cl)c3)[N+]2=O)C1. The Bertz CT molecular complexity index is 1040. The van der Waals surface area contributed by atoms with Crippen LogP contribution in [0.1, 0.15) is 57.3 Å². The Hall–Kier alpha value is -1.99. The molecule has 4 rings (SSSR count). The van der Waals surface area contributed by atoms with Crippen molar-refractivity contribution < 1.29 is 32.6 Å². The summed E-state index contributed by atoms with van der Waals surface area (Å²) in [5.41, 5.74) is -1.22. The molecule has 3 N–H and O–H groups in total. The van der Waals surface area contributed by atoms with Crippen molar-refractivity contribution in [1.29, 1.82) is 0 Å². The van der Waals surface area contributed by atoms with Crippen molar-refractivity contribution in [3.63, 3.8) is 0 Å². The first-order valence-corrected chi connectivity index (χ1v) is 13.3. The van der Waals surface area contributed by atoms with Crippen LogP contribution in [-0.2, 0) is 10.9 Å². The second-order valence-electron chi connectivity index (χ2n) is 11.3. The lowest BCUT2D eigenvalue weighted by Crippen LogP contribution is -2.65. The number of hydrogen-bond acceptors (Lipinski definition) is 7. The first kappa shape index (κ1) is 29.0. The number of carbonyl (C=O) groups excluding carboxylic acids is 1. The number of nitrogens with zero attached hydrogens (tertiary/aromatic N) is 3. The summed E-state index contributed by atoms with van der Waals surface area (Å²) < 4.78 is 45.8. The Labute approximate surface area is 225 Å². The van der Waals surface area contributed by atoms with Crippen LogP contribution in [0, 0.1) is 10.8 Å². The zero-order valence-electron chi connectivity index (χ0n) is 21.8. The van der Waals surface area contributed by atoms with E-state index in [4.69, 9.17) is 16.3 Å². The van der Waals surface area contributed by atoms with Crippen molar-refractivity contribution in [2.75, 3.05) is 32.7 Å². The number of likely N-dealkylation sites (tertiary alicyclic amines) is 2. The molecule has 0 aliphatic carbocycles. The molecular weight excluding hydrogens is 527 g/mol. The van der Waals surface area contributed by atoms with Gasteiger partial charge in [0, 0.05) is 48.0 Å². The zero-order chi connectivity index (χ0) is 27.8. The van der Waals surface area contributed by atoms with Crippen LogP contribution >= 0.6 is 11.6 Å². The van der Waals surface area contributed by atoms with E-state index in [2.05, 4.69) is 10.6 Å². The van der Waals surface area contributed by atoms with E-state index in [0.717, 1.165) is 23.7 Å². The normalized spacial score (nSPS) is 29.6. The predicted octanol–water partition coefficient (Wildman–Crippen LogP) is 3.70. The average Bonchev–Trinajstić information content (AvgIpc) is 3.44. The topological polar surface area (TPSA) is 97.2 Å². The van der Waals surface area contributed by atoms with Crippen molar-refractivity contribution in [2.45, 2.75) is 76.4 Å². The van der Waals surface area contributed by atoms with Gasteiger partial charge in [0.2, 0.25) is 0 Å². The quantitative estimate of drug-likeness (QED) is 0.471. The maximum Gasteiger partial charge on any atom is 0.417 e. The molecule has 3 saturated heterocycles. The minimum absolute atomic E-state index is 0.0916. The third-order valence-corrected chi connectivity index (χ3v) is 7.62. The Morgan fingerprint density at radius 1 is 1.26 bits per heavy atom. The van der Waals surface area contributed by atoms with Crippen LogP contribution in [0.3, 0.4) is 0 Å². The van der Waals surface area contributed by atoms with E-state index in [-0.39, 0.29) is 12.0 Å². The summed E-state index contributed by atoms with van der Waals surface area (Å²) in [7, 11) is 0. The molecule has 1 amide bonds. The molecule has 212 valence electrons. The molecule has 0 bridgehead atoms. The number of nitrogens with one attached hydrogen (secondary N) is 2. The van der Waals surface area contributed by atoms with Gasteiger partial charge in [0.25, 0.3) is 12.3 Å². The molecule has 3 aliphatic heterocycles. The smallest absolute Gasteiger partial charge is 0.417 e. The minimum Gasteiger partial charge on any atom is -0.444 e. The van der Waals surface area contributed by atoms with E-state index in [1.807, 2.05) is 9.80 Å². The van der Waals surface area contributed by atoms with Gasteiger partial charge in [-0.1, -0.05) is 17.7 Å². The number of alkyl halides is 3. The first-order valence-electron chi connectivity index (χ1n) is 12.9. The summed E-state index contributed by atoms with van der Waals surface area (Å²) in [6.07, 6.45) is -5.14. The zero-order valence-corrected chi connectivity index (χ0v) is 22.6. The molecule has 3 heterocycles. The Kier molecular flexibility index (Phi) is 8.58. The highest BCUT2D eigenvalue weighted by Crippen LogP contribution is 2.37. The number of nitroso groups, excluding NO2 is 1. The van der Waals surface area contributed by atoms with Crippen molar-refractivity contribution >= 4 is 17.7 Å². The second-order valence-corrected chi connectivity index (χ2v) is 11.7. The summed E-state index contributed by atoms with van der Waals surface area (Å²) in [5.74, 6) is 0.0916. The largest absolute Gasteiger partial charge is 0.444 e. The molecule has 0 aromatic heterocycles. The van der Waals surface area contributed by atoms with Crippen LogP contribution in [0.2, 0.25) is 5.02 Å². The third kappa shape index (κ3) is 6.59. The van der Waals surface area contributed by atoms with E-state index < -0.39 is 47.0 Å². The molecule has 0 radical (unpaired) electrons. The van der Waals surface area contributed by atoms with E-state index in [1.165, 1.54) is 12.1 Å². The van der Waals surface area contributed by atoms with Gasteiger partial charge in [-0.3, -0.25) is 4.90 Å². The number of amides is 1. The summed E-state index contributed by atoms with van der Waals surface area (Å²) in [4.78, 5) is 29.9. The predicted molar refractivity (Wildman–Crippen MR) is 134 cm³/mol. The van der Waals surface area contributed by atoms with Crippen LogP contribution in [0.15, 0.2) is 18.2 Å². The molecule has 1 aromatic carbocycles. The fraction of sp³-hybridized carbons (Fsp3) is 0.720. The molecule has 1 aromatic rings. The van der Waals surface area contributed by atoms with Gasteiger partial charge in [-0.05, 0) is 58.1 Å². The molecule has 13 heteroatoms. The fourth-order valence-corrected chi connectivity index (χ4v) is 5.90. The Morgan fingerprint density at radius 2 is 2.00 bits per heavy atom. The molecule has 0 saturated carbocycles. The monoisotopic (exact) mass is 562 g/mol. The molecule has 3 fully saturated rings. The van der Waals surface area contributed by atoms with Crippen LogP contribution in [0.5, 0.6) is 0 Å². The van der Waals surface area contributed by atoms with Gasteiger partial charge < -0.3 is 15.2 Å². The van der Waals surface area contributed by atoms with Crippen LogP contribution < -0.4 is 10.6 Å². The number of hydrogen-bond donors (Lipinski definition) is 3. The molecule has 5 atom stereocenters. The van der Waals surface area contributed by atoms with E-state index in [9.17, 15) is 28.0 Å². The lowest BCUT2D eigenvalue weighted by Gasteiger charge is -2.40. The lowest BCUT2D eigenvalue weighted by molar-refractivity contribution is -0.668. The van der Waals surface area contributed by atoms with E-state index >= 15 is 0 Å². The molecule has 9 nitrogen and oxygen atoms in total. The van der Waals surface area contributed by atoms with Crippen LogP contribution in [-0.4, -0.2) is 82.5 Å². The number of carbonyl (C=O) groups is 1. The molecular formula is C25H36ClF3N5O4+. The summed E-state index contributed by atoms with van der Waals surface area (Å²) in [6.45, 7) is 7.91. The molecule has 3 aliphatic rings. The van der Waals surface area contributed by atoms with Crippen molar-refractivity contribution in [3.8, 4) is 0 Å². The van der Waals surface area contributed by atoms with Gasteiger partial charge in [0.05, 0.1) is 10.6 Å². The van der Waals surface area contributed by atoms with Gasteiger partial charge in [-0.2, -0.15) is 13.2 Å². The number of benzene rings is 1. The summed E-state index contributed by atoms with van der Waals surface area (Å²) in [5, 5.41) is 16.1. The highest BCUT2D eigenvalue weighted by molar-refractivity contribution is 6.31. The number of alkyl carbamates (subject to hydrolysis) is 1. The van der Waals surface area contributed by atoms with Gasteiger partial charge in [-0.25, -0.2) is 15.0 Å². The number of aliphatic hydroxyl groups excluding tert-OH is 1. The highest BCUT2D eigenvalue weighted by atomic mass is 35.5. The van der Waals surface area contributed by atoms with Crippen molar-refractivity contribution in [3.05, 3.63) is 39.3 Å². The maximum absolute atomic E-state index is 13.9. The Balaban J connectivity index is 1.51. The summed E-state index contributed by atoms with van der Waals surface area (Å²) in [6, 6.07) is 3.03. The fourth-order valence-electron chi connectivity index (χ4n) is 5.61. The minimum atomic E-state index is -4.59. The van der Waals surface area contributed by atoms with Crippen molar-refractivity contribution in [1.82, 2.24) is 20.4 Å². The molecule has 5 unspecified atom stereocenters. The number of halogens is 4. The van der Waals surface area contributed by atoms with Gasteiger partial charge in [0.1, 0.15) is 17.9 Å². The third-order valence-electron chi connectivity index (χ3n) is 7.31. The highest BCUT2D eigenvalue weighted by Gasteiger charge is 2.53. The van der Waals surface area contributed by atoms with Gasteiger partial charge >= 0.3 is 12.3 Å². The number of aliphatic hydroxyl groups is 1. The second kappa shape index (κ2) is 11.2. The van der Waals surface area contributed by atoms with Crippen LogP contribution in [0.25, 0.3) is 0 Å². The van der Waals surface area contributed by atoms with Gasteiger partial charge in [-0.15, -0.1) is 0 Å². The summed E-state index contributed by atoms with van der Waals surface area (Å²) >= 11 is 5.95. The number of rotatable bonds is 5. The van der Waals surface area contributed by atoms with Gasteiger partial charge in [0.15, 0.2) is 0 Å². The van der Waals surface area contributed by atoms with E-state index in [1.54, 1.807) is 20.8 Å². The molecule has 38 heavy (non-hydrogen) atoms.